The molecule has 0 radical (unpaired) electrons. The molecule has 0 unspecified atom stereocenters. The molecule has 1 fully saturated rings. The van der Waals surface area contributed by atoms with Crippen molar-refractivity contribution >= 4 is 11.6 Å². The van der Waals surface area contributed by atoms with Gasteiger partial charge in [-0.15, -0.1) is 0 Å². The molecule has 3 nitrogen and oxygen atoms in total. The van der Waals surface area contributed by atoms with Gasteiger partial charge in [0, 0.05) is 5.69 Å². The van der Waals surface area contributed by atoms with Crippen LogP contribution in [0.2, 0.25) is 0 Å². The standard InChI is InChI=1S/C14H15FN2O/c1-9-6-14(7-9,8-16)13(18)17-12-5-11(15)4-3-10(12)2/h3-5,9H,6-7H2,1-2H3,(H,17,18). The number of benzene rings is 1. The lowest BCUT2D eigenvalue weighted by molar-refractivity contribution is -0.128. The second kappa shape index (κ2) is 4.41. The molecule has 1 N–H and O–H groups in total. The Kier molecular flexibility index (Phi) is 3.08. The van der Waals surface area contributed by atoms with Crippen LogP contribution in [0, 0.1) is 35.4 Å². The summed E-state index contributed by atoms with van der Waals surface area (Å²) in [7, 11) is 0. The molecule has 2 rings (SSSR count). The van der Waals surface area contributed by atoms with Gasteiger partial charge in [0.05, 0.1) is 6.07 Å². The number of rotatable bonds is 2. The molecule has 94 valence electrons. The molecule has 18 heavy (non-hydrogen) atoms. The largest absolute Gasteiger partial charge is 0.324 e. The number of nitrogens with one attached hydrogen (secondary N) is 1. The highest BCUT2D eigenvalue weighted by Gasteiger charge is 2.49. The third kappa shape index (κ3) is 2.08. The zero-order chi connectivity index (χ0) is 13.3. The lowest BCUT2D eigenvalue weighted by atomic mass is 9.63. The SMILES string of the molecule is Cc1ccc(F)cc1NC(=O)C1(C#N)CC(C)C1. The van der Waals surface area contributed by atoms with E-state index in [1.54, 1.807) is 13.0 Å². The molecule has 0 spiro atoms. The Labute approximate surface area is 106 Å². The van der Waals surface area contributed by atoms with Crippen molar-refractivity contribution in [2.24, 2.45) is 11.3 Å². The molecular weight excluding hydrogens is 231 g/mol. The summed E-state index contributed by atoms with van der Waals surface area (Å²) in [5.41, 5.74) is 0.289. The maximum absolute atomic E-state index is 13.1. The molecule has 4 heteroatoms. The summed E-state index contributed by atoms with van der Waals surface area (Å²) < 4.78 is 13.1. The number of carbonyl (C=O) groups is 1. The normalized spacial score (nSPS) is 26.0. The lowest BCUT2D eigenvalue weighted by Crippen LogP contribution is -2.45. The van der Waals surface area contributed by atoms with Crippen LogP contribution in [-0.4, -0.2) is 5.91 Å². The summed E-state index contributed by atoms with van der Waals surface area (Å²) in [5, 5.41) is 11.8. The third-order valence-electron chi connectivity index (χ3n) is 3.49. The number of amides is 1. The smallest absolute Gasteiger partial charge is 0.244 e. The Morgan fingerprint density at radius 3 is 2.78 bits per heavy atom. The molecule has 1 amide bonds. The molecule has 1 aliphatic rings. The minimum absolute atomic E-state index is 0.322. The Hall–Kier alpha value is -1.89. The Bertz CT molecular complexity index is 527. The van der Waals surface area contributed by atoms with Crippen LogP contribution in [0.25, 0.3) is 0 Å². The Morgan fingerprint density at radius 2 is 2.22 bits per heavy atom. The average molecular weight is 246 g/mol. The number of nitriles is 1. The third-order valence-corrected chi connectivity index (χ3v) is 3.49. The van der Waals surface area contributed by atoms with E-state index < -0.39 is 11.2 Å². The summed E-state index contributed by atoms with van der Waals surface area (Å²) in [6.07, 6.45) is 1.15. The van der Waals surface area contributed by atoms with Crippen LogP contribution in [0.3, 0.4) is 0 Å². The van der Waals surface area contributed by atoms with E-state index >= 15 is 0 Å². The van der Waals surface area contributed by atoms with E-state index in [-0.39, 0.29) is 5.91 Å². The van der Waals surface area contributed by atoms with E-state index in [0.29, 0.717) is 24.4 Å². The topological polar surface area (TPSA) is 52.9 Å². The molecule has 1 aromatic carbocycles. The molecule has 1 aromatic rings. The van der Waals surface area contributed by atoms with Gasteiger partial charge in [0.2, 0.25) is 5.91 Å². The first kappa shape index (κ1) is 12.6. The zero-order valence-electron chi connectivity index (χ0n) is 10.5. The van der Waals surface area contributed by atoms with Crippen molar-refractivity contribution in [1.82, 2.24) is 0 Å². The summed E-state index contributed by atoms with van der Waals surface area (Å²) in [6.45, 7) is 3.80. The van der Waals surface area contributed by atoms with E-state index in [4.69, 9.17) is 5.26 Å². The van der Waals surface area contributed by atoms with E-state index in [1.165, 1.54) is 12.1 Å². The summed E-state index contributed by atoms with van der Waals surface area (Å²) >= 11 is 0. The van der Waals surface area contributed by atoms with Gasteiger partial charge in [0.1, 0.15) is 11.2 Å². The summed E-state index contributed by atoms with van der Waals surface area (Å²) in [6, 6.07) is 6.32. The molecule has 0 aliphatic heterocycles. The van der Waals surface area contributed by atoms with Crippen molar-refractivity contribution in [3.05, 3.63) is 29.6 Å². The molecule has 1 aliphatic carbocycles. The highest BCUT2D eigenvalue weighted by atomic mass is 19.1. The highest BCUT2D eigenvalue weighted by molar-refractivity contribution is 5.98. The van der Waals surface area contributed by atoms with E-state index in [9.17, 15) is 9.18 Å². The summed E-state index contributed by atoms with van der Waals surface area (Å²) in [5.74, 6) is -0.329. The number of hydrogen-bond acceptors (Lipinski definition) is 2. The van der Waals surface area contributed by atoms with Gasteiger partial charge < -0.3 is 5.32 Å². The maximum Gasteiger partial charge on any atom is 0.244 e. The van der Waals surface area contributed by atoms with Gasteiger partial charge in [-0.1, -0.05) is 13.0 Å². The van der Waals surface area contributed by atoms with Crippen molar-refractivity contribution in [2.45, 2.75) is 26.7 Å². The van der Waals surface area contributed by atoms with Crippen molar-refractivity contribution < 1.29 is 9.18 Å². The number of carbonyl (C=O) groups excluding carboxylic acids is 1. The number of halogens is 1. The quantitative estimate of drug-likeness (QED) is 0.872. The number of aryl methyl sites for hydroxylation is 1. The molecule has 1 saturated carbocycles. The first-order valence-corrected chi connectivity index (χ1v) is 5.96. The van der Waals surface area contributed by atoms with E-state index in [0.717, 1.165) is 5.56 Å². The fourth-order valence-electron chi connectivity index (χ4n) is 2.43. The van der Waals surface area contributed by atoms with Crippen LogP contribution in [0.15, 0.2) is 18.2 Å². The summed E-state index contributed by atoms with van der Waals surface area (Å²) in [4.78, 5) is 12.1. The zero-order valence-corrected chi connectivity index (χ0v) is 10.5. The lowest BCUT2D eigenvalue weighted by Gasteiger charge is -2.39. The molecule has 0 saturated heterocycles. The van der Waals surface area contributed by atoms with Crippen molar-refractivity contribution in [1.29, 1.82) is 5.26 Å². The van der Waals surface area contributed by atoms with Crippen LogP contribution >= 0.6 is 0 Å². The minimum atomic E-state index is -0.932. The molecule has 0 aromatic heterocycles. The van der Waals surface area contributed by atoms with Crippen molar-refractivity contribution in [3.8, 4) is 6.07 Å². The second-order valence-corrected chi connectivity index (χ2v) is 5.12. The van der Waals surface area contributed by atoms with Crippen LogP contribution in [-0.2, 0) is 4.79 Å². The van der Waals surface area contributed by atoms with E-state index in [1.807, 2.05) is 6.92 Å². The van der Waals surface area contributed by atoms with Gasteiger partial charge in [-0.05, 0) is 43.4 Å². The van der Waals surface area contributed by atoms with Crippen LogP contribution in [0.4, 0.5) is 10.1 Å². The van der Waals surface area contributed by atoms with Crippen LogP contribution in [0.5, 0.6) is 0 Å². The molecular formula is C14H15FN2O. The number of hydrogen-bond donors (Lipinski definition) is 1. The van der Waals surface area contributed by atoms with Gasteiger partial charge in [0.15, 0.2) is 0 Å². The van der Waals surface area contributed by atoms with Gasteiger partial charge in [-0.3, -0.25) is 4.79 Å². The van der Waals surface area contributed by atoms with Crippen molar-refractivity contribution in [2.75, 3.05) is 5.32 Å². The van der Waals surface area contributed by atoms with Crippen LogP contribution in [0.1, 0.15) is 25.3 Å². The molecule has 0 atom stereocenters. The fraction of sp³-hybridized carbons (Fsp3) is 0.429. The number of anilines is 1. The monoisotopic (exact) mass is 246 g/mol. The highest BCUT2D eigenvalue weighted by Crippen LogP contribution is 2.45. The Morgan fingerprint density at radius 1 is 1.56 bits per heavy atom. The van der Waals surface area contributed by atoms with Crippen molar-refractivity contribution in [3.63, 3.8) is 0 Å². The van der Waals surface area contributed by atoms with E-state index in [2.05, 4.69) is 11.4 Å². The number of nitrogens with zero attached hydrogens (tertiary/aromatic N) is 1. The first-order chi connectivity index (χ1) is 8.47. The molecule has 0 heterocycles. The molecule has 0 bridgehead atoms. The van der Waals surface area contributed by atoms with Gasteiger partial charge in [-0.25, -0.2) is 4.39 Å². The second-order valence-electron chi connectivity index (χ2n) is 5.12. The predicted molar refractivity (Wildman–Crippen MR) is 66.2 cm³/mol. The van der Waals surface area contributed by atoms with Gasteiger partial charge in [-0.2, -0.15) is 5.26 Å². The van der Waals surface area contributed by atoms with Crippen LogP contribution < -0.4 is 5.32 Å². The fourth-order valence-corrected chi connectivity index (χ4v) is 2.43. The minimum Gasteiger partial charge on any atom is -0.324 e. The predicted octanol–water partition coefficient (Wildman–Crippen LogP) is 3.01. The average Bonchev–Trinajstić information content (AvgIpc) is 2.29. The first-order valence-electron chi connectivity index (χ1n) is 5.96. The van der Waals surface area contributed by atoms with Gasteiger partial charge in [0.25, 0.3) is 0 Å². The Balaban J connectivity index is 2.17. The van der Waals surface area contributed by atoms with Gasteiger partial charge >= 0.3 is 0 Å². The maximum atomic E-state index is 13.1.